The Kier molecular flexibility index (Phi) is 7.04. The smallest absolute Gasteiger partial charge is 0.220 e. The molecule has 1 aromatic carbocycles. The van der Waals surface area contributed by atoms with E-state index in [1.54, 1.807) is 6.26 Å². The lowest BCUT2D eigenvalue weighted by molar-refractivity contribution is -0.121. The van der Waals surface area contributed by atoms with Gasteiger partial charge in [0.25, 0.3) is 0 Å². The lowest BCUT2D eigenvalue weighted by atomic mass is 9.97. The summed E-state index contributed by atoms with van der Waals surface area (Å²) in [4.78, 5) is 27.0. The number of carbonyl (C=O) groups excluding carboxylic acids is 2. The second kappa shape index (κ2) is 9.69. The topological polar surface area (TPSA) is 62.6 Å². The first-order valence-corrected chi connectivity index (χ1v) is 10.2. The highest BCUT2D eigenvalue weighted by Crippen LogP contribution is 2.26. The molecule has 3 rings (SSSR count). The summed E-state index contributed by atoms with van der Waals surface area (Å²) in [5, 5.41) is 3.00. The zero-order valence-corrected chi connectivity index (χ0v) is 16.8. The molecule has 2 aromatic rings. The van der Waals surface area contributed by atoms with Crippen molar-refractivity contribution in [3.8, 4) is 0 Å². The monoisotopic (exact) mass is 382 g/mol. The normalized spacial score (nSPS) is 16.6. The average molecular weight is 383 g/mol. The molecule has 1 unspecified atom stereocenters. The molecule has 5 heteroatoms. The van der Waals surface area contributed by atoms with Crippen LogP contribution in [0.15, 0.2) is 47.1 Å². The summed E-state index contributed by atoms with van der Waals surface area (Å²) in [5.41, 5.74) is 1.78. The van der Waals surface area contributed by atoms with Crippen LogP contribution >= 0.6 is 0 Å². The summed E-state index contributed by atoms with van der Waals surface area (Å²) in [6.45, 7) is 6.79. The number of piperidine rings is 1. The van der Waals surface area contributed by atoms with Gasteiger partial charge in [0.05, 0.1) is 12.3 Å². The van der Waals surface area contributed by atoms with Crippen molar-refractivity contribution in [1.29, 1.82) is 0 Å². The van der Waals surface area contributed by atoms with E-state index in [9.17, 15) is 9.59 Å². The lowest BCUT2D eigenvalue weighted by Crippen LogP contribution is -2.41. The van der Waals surface area contributed by atoms with Crippen molar-refractivity contribution in [2.24, 2.45) is 5.92 Å². The number of amides is 1. The maximum absolute atomic E-state index is 12.3. The van der Waals surface area contributed by atoms with Crippen LogP contribution in [0, 0.1) is 12.8 Å². The van der Waals surface area contributed by atoms with Crippen molar-refractivity contribution in [3.05, 3.63) is 59.5 Å². The van der Waals surface area contributed by atoms with E-state index in [2.05, 4.69) is 17.1 Å². The second-order valence-electron chi connectivity index (χ2n) is 7.84. The van der Waals surface area contributed by atoms with E-state index >= 15 is 0 Å². The summed E-state index contributed by atoms with van der Waals surface area (Å²) in [7, 11) is 0. The predicted octanol–water partition coefficient (Wildman–Crippen LogP) is 4.14. The number of nitrogens with zero attached hydrogens (tertiary/aromatic N) is 1. The fourth-order valence-electron chi connectivity index (χ4n) is 3.64. The summed E-state index contributed by atoms with van der Waals surface area (Å²) in [6.07, 6.45) is 4.43. The molecule has 1 amide bonds. The quantitative estimate of drug-likeness (QED) is 0.697. The maximum Gasteiger partial charge on any atom is 0.220 e. The van der Waals surface area contributed by atoms with Gasteiger partial charge in [0.2, 0.25) is 5.91 Å². The van der Waals surface area contributed by atoms with Crippen LogP contribution in [-0.2, 0) is 4.79 Å². The van der Waals surface area contributed by atoms with Gasteiger partial charge in [-0.2, -0.15) is 0 Å². The molecule has 150 valence electrons. The van der Waals surface area contributed by atoms with Crippen LogP contribution in [0.1, 0.15) is 60.3 Å². The lowest BCUT2D eigenvalue weighted by Gasteiger charge is -2.35. The number of carbonyl (C=O) groups is 2. The fourth-order valence-corrected chi connectivity index (χ4v) is 3.64. The second-order valence-corrected chi connectivity index (χ2v) is 7.84. The van der Waals surface area contributed by atoms with Crippen LogP contribution in [-0.4, -0.2) is 36.2 Å². The Bertz CT molecular complexity index is 760. The highest BCUT2D eigenvalue weighted by atomic mass is 16.3. The minimum absolute atomic E-state index is 0.00255. The van der Waals surface area contributed by atoms with E-state index in [-0.39, 0.29) is 30.6 Å². The Labute approximate surface area is 167 Å². The van der Waals surface area contributed by atoms with Gasteiger partial charge in [-0.25, -0.2) is 0 Å². The standard InChI is InChI=1S/C23H30N2O3/c1-17-5-7-19(8-6-17)21(26)9-10-23(27)24-16-20(22-4-3-15-28-22)25-13-11-18(2)12-14-25/h3-8,15,18,20H,9-14,16H2,1-2H3,(H,24,27). The van der Waals surface area contributed by atoms with E-state index in [1.165, 1.54) is 0 Å². The highest BCUT2D eigenvalue weighted by molar-refractivity contribution is 5.97. The zero-order valence-electron chi connectivity index (χ0n) is 16.8. The first kappa shape index (κ1) is 20.3. The number of furan rings is 1. The Balaban J connectivity index is 1.50. The molecule has 1 N–H and O–H groups in total. The molecule has 5 nitrogen and oxygen atoms in total. The number of hydrogen-bond donors (Lipinski definition) is 1. The van der Waals surface area contributed by atoms with Gasteiger partial charge >= 0.3 is 0 Å². The fraction of sp³-hybridized carbons (Fsp3) is 0.478. The van der Waals surface area contributed by atoms with Gasteiger partial charge in [0.15, 0.2) is 5.78 Å². The van der Waals surface area contributed by atoms with Gasteiger partial charge in [-0.05, 0) is 50.9 Å². The Morgan fingerprint density at radius 2 is 1.86 bits per heavy atom. The summed E-state index contributed by atoms with van der Waals surface area (Å²) in [5.74, 6) is 1.53. The number of rotatable bonds is 8. The van der Waals surface area contributed by atoms with E-state index in [4.69, 9.17) is 4.42 Å². The minimum Gasteiger partial charge on any atom is -0.468 e. The van der Waals surface area contributed by atoms with E-state index in [0.717, 1.165) is 43.2 Å². The van der Waals surface area contributed by atoms with Gasteiger partial charge in [0.1, 0.15) is 5.76 Å². The number of ketones is 1. The molecule has 1 atom stereocenters. The Hall–Kier alpha value is -2.40. The molecule has 1 aromatic heterocycles. The molecule has 0 saturated carbocycles. The summed E-state index contributed by atoms with van der Waals surface area (Å²) in [6, 6.07) is 11.4. The molecule has 0 aliphatic carbocycles. The summed E-state index contributed by atoms with van der Waals surface area (Å²) < 4.78 is 5.63. The first-order valence-electron chi connectivity index (χ1n) is 10.2. The van der Waals surface area contributed by atoms with E-state index < -0.39 is 0 Å². The van der Waals surface area contributed by atoms with Crippen LogP contribution in [0.3, 0.4) is 0 Å². The molecule has 0 bridgehead atoms. The highest BCUT2D eigenvalue weighted by Gasteiger charge is 2.26. The maximum atomic E-state index is 12.3. The van der Waals surface area contributed by atoms with Crippen molar-refractivity contribution in [2.45, 2.75) is 45.6 Å². The van der Waals surface area contributed by atoms with Crippen LogP contribution in [0.4, 0.5) is 0 Å². The predicted molar refractivity (Wildman–Crippen MR) is 109 cm³/mol. The Morgan fingerprint density at radius 3 is 2.50 bits per heavy atom. The molecule has 2 heterocycles. The van der Waals surface area contributed by atoms with Crippen LogP contribution in [0.5, 0.6) is 0 Å². The molecular formula is C23H30N2O3. The number of likely N-dealkylation sites (tertiary alicyclic amines) is 1. The van der Waals surface area contributed by atoms with Crippen molar-refractivity contribution in [3.63, 3.8) is 0 Å². The van der Waals surface area contributed by atoms with Crippen LogP contribution < -0.4 is 5.32 Å². The third-order valence-corrected chi connectivity index (χ3v) is 5.58. The van der Waals surface area contributed by atoms with Gasteiger partial charge in [-0.3, -0.25) is 14.5 Å². The van der Waals surface area contributed by atoms with Crippen LogP contribution in [0.2, 0.25) is 0 Å². The van der Waals surface area contributed by atoms with E-state index in [1.807, 2.05) is 43.3 Å². The molecule has 1 aliphatic heterocycles. The van der Waals surface area contributed by atoms with Crippen LogP contribution in [0.25, 0.3) is 0 Å². The van der Waals surface area contributed by atoms with E-state index in [0.29, 0.717) is 12.1 Å². The number of hydrogen-bond acceptors (Lipinski definition) is 4. The minimum atomic E-state index is -0.0950. The van der Waals surface area contributed by atoms with Gasteiger partial charge in [-0.1, -0.05) is 36.8 Å². The van der Waals surface area contributed by atoms with Crippen molar-refractivity contribution >= 4 is 11.7 Å². The third kappa shape index (κ3) is 5.55. The molecule has 1 saturated heterocycles. The molecular weight excluding hydrogens is 352 g/mol. The summed E-state index contributed by atoms with van der Waals surface area (Å²) >= 11 is 0. The third-order valence-electron chi connectivity index (χ3n) is 5.58. The van der Waals surface area contributed by atoms with Gasteiger partial charge in [-0.15, -0.1) is 0 Å². The number of benzene rings is 1. The largest absolute Gasteiger partial charge is 0.468 e. The number of aryl methyl sites for hydroxylation is 1. The molecule has 1 aliphatic rings. The molecule has 0 spiro atoms. The zero-order chi connectivity index (χ0) is 19.9. The molecule has 0 radical (unpaired) electrons. The molecule has 1 fully saturated rings. The van der Waals surface area contributed by atoms with Gasteiger partial charge in [0, 0.05) is 24.9 Å². The molecule has 28 heavy (non-hydrogen) atoms. The first-order chi connectivity index (χ1) is 13.5. The Morgan fingerprint density at radius 1 is 1.14 bits per heavy atom. The SMILES string of the molecule is Cc1ccc(C(=O)CCC(=O)NCC(c2ccco2)N2CCC(C)CC2)cc1. The van der Waals surface area contributed by atoms with Crippen molar-refractivity contribution < 1.29 is 14.0 Å². The average Bonchev–Trinajstić information content (AvgIpc) is 3.22. The van der Waals surface area contributed by atoms with Crippen molar-refractivity contribution in [2.75, 3.05) is 19.6 Å². The number of Topliss-reactive ketones (excluding diaryl/α,β-unsaturated/α-hetero) is 1. The van der Waals surface area contributed by atoms with Gasteiger partial charge < -0.3 is 9.73 Å². The number of nitrogens with one attached hydrogen (secondary N) is 1. The van der Waals surface area contributed by atoms with Crippen molar-refractivity contribution in [1.82, 2.24) is 10.2 Å².